The standard InChI is InChI=1S/C16H17ClN2S/c1-11(2)20-16(13-5-4-8-18-10-13)19-15-7-6-14(17)9-12(15)3/h4-11H,1-3H3. The summed E-state index contributed by atoms with van der Waals surface area (Å²) in [6.45, 7) is 6.34. The first kappa shape index (κ1) is 15.1. The van der Waals surface area contributed by atoms with Crippen molar-refractivity contribution in [3.8, 4) is 0 Å². The number of aliphatic imine (C=N–C) groups is 1. The minimum Gasteiger partial charge on any atom is -0.264 e. The van der Waals surface area contributed by atoms with Gasteiger partial charge in [0, 0.05) is 28.2 Å². The summed E-state index contributed by atoms with van der Waals surface area (Å²) >= 11 is 7.73. The molecule has 2 aromatic rings. The summed E-state index contributed by atoms with van der Waals surface area (Å²) in [6, 6.07) is 9.72. The van der Waals surface area contributed by atoms with Crippen molar-refractivity contribution in [3.63, 3.8) is 0 Å². The summed E-state index contributed by atoms with van der Waals surface area (Å²) in [5.41, 5.74) is 3.06. The van der Waals surface area contributed by atoms with Crippen molar-refractivity contribution < 1.29 is 0 Å². The molecule has 0 aliphatic carbocycles. The van der Waals surface area contributed by atoms with Crippen LogP contribution >= 0.6 is 23.4 Å². The minimum absolute atomic E-state index is 0.460. The molecule has 0 saturated carbocycles. The van der Waals surface area contributed by atoms with Gasteiger partial charge in [-0.05, 0) is 42.8 Å². The molecule has 0 atom stereocenters. The van der Waals surface area contributed by atoms with Gasteiger partial charge in [-0.15, -0.1) is 11.8 Å². The van der Waals surface area contributed by atoms with E-state index in [0.29, 0.717) is 5.25 Å². The molecule has 4 heteroatoms. The maximum atomic E-state index is 5.99. The molecule has 0 radical (unpaired) electrons. The summed E-state index contributed by atoms with van der Waals surface area (Å²) in [4.78, 5) is 8.97. The second kappa shape index (κ2) is 6.91. The van der Waals surface area contributed by atoms with Gasteiger partial charge in [-0.25, -0.2) is 4.99 Å². The largest absolute Gasteiger partial charge is 0.264 e. The molecule has 1 heterocycles. The Kier molecular flexibility index (Phi) is 5.21. The van der Waals surface area contributed by atoms with E-state index >= 15 is 0 Å². The molecule has 2 rings (SSSR count). The Bertz CT molecular complexity index is 609. The summed E-state index contributed by atoms with van der Waals surface area (Å²) < 4.78 is 0. The van der Waals surface area contributed by atoms with Gasteiger partial charge >= 0.3 is 0 Å². The molecule has 0 amide bonds. The Labute approximate surface area is 129 Å². The molecule has 0 spiro atoms. The smallest absolute Gasteiger partial charge is 0.106 e. The lowest BCUT2D eigenvalue weighted by Gasteiger charge is -2.10. The summed E-state index contributed by atoms with van der Waals surface area (Å²) in [7, 11) is 0. The van der Waals surface area contributed by atoms with Gasteiger partial charge in [0.1, 0.15) is 5.04 Å². The highest BCUT2D eigenvalue weighted by atomic mass is 35.5. The fourth-order valence-electron chi connectivity index (χ4n) is 1.73. The van der Waals surface area contributed by atoms with Crippen LogP contribution in [0.15, 0.2) is 47.7 Å². The van der Waals surface area contributed by atoms with Crippen molar-refractivity contribution in [2.24, 2.45) is 4.99 Å². The number of benzene rings is 1. The first-order valence-corrected chi connectivity index (χ1v) is 7.74. The number of hydrogen-bond donors (Lipinski definition) is 0. The van der Waals surface area contributed by atoms with Gasteiger partial charge in [-0.1, -0.05) is 25.4 Å². The minimum atomic E-state index is 0.460. The van der Waals surface area contributed by atoms with Crippen LogP contribution in [0.2, 0.25) is 5.02 Å². The van der Waals surface area contributed by atoms with Gasteiger partial charge in [-0.2, -0.15) is 0 Å². The van der Waals surface area contributed by atoms with Crippen molar-refractivity contribution >= 4 is 34.1 Å². The van der Waals surface area contributed by atoms with E-state index in [1.807, 2.05) is 43.5 Å². The van der Waals surface area contributed by atoms with Gasteiger partial charge in [0.05, 0.1) is 5.69 Å². The van der Waals surface area contributed by atoms with Gasteiger partial charge in [-0.3, -0.25) is 4.98 Å². The monoisotopic (exact) mass is 304 g/mol. The van der Waals surface area contributed by atoms with Crippen LogP contribution in [0.1, 0.15) is 25.0 Å². The molecule has 0 bridgehead atoms. The maximum absolute atomic E-state index is 5.99. The Morgan fingerprint density at radius 2 is 2.10 bits per heavy atom. The number of hydrogen-bond acceptors (Lipinski definition) is 3. The Morgan fingerprint density at radius 1 is 1.30 bits per heavy atom. The number of aryl methyl sites for hydroxylation is 1. The van der Waals surface area contributed by atoms with E-state index in [1.54, 1.807) is 18.0 Å². The Balaban J connectivity index is 2.43. The van der Waals surface area contributed by atoms with Gasteiger partial charge < -0.3 is 0 Å². The normalized spacial score (nSPS) is 11.9. The van der Waals surface area contributed by atoms with Crippen molar-refractivity contribution in [2.75, 3.05) is 0 Å². The molecule has 0 saturated heterocycles. The lowest BCUT2D eigenvalue weighted by Crippen LogP contribution is -2.01. The Hall–Kier alpha value is -1.32. The third-order valence-electron chi connectivity index (χ3n) is 2.64. The van der Waals surface area contributed by atoms with E-state index in [2.05, 4.69) is 18.8 Å². The fourth-order valence-corrected chi connectivity index (χ4v) is 2.81. The van der Waals surface area contributed by atoms with E-state index in [0.717, 1.165) is 26.9 Å². The van der Waals surface area contributed by atoms with Crippen LogP contribution < -0.4 is 0 Å². The molecule has 0 N–H and O–H groups in total. The zero-order chi connectivity index (χ0) is 14.5. The van der Waals surface area contributed by atoms with Crippen molar-refractivity contribution in [3.05, 3.63) is 58.9 Å². The number of nitrogens with zero attached hydrogens (tertiary/aromatic N) is 2. The SMILES string of the molecule is Cc1cc(Cl)ccc1N=C(SC(C)C)c1cccnc1. The highest BCUT2D eigenvalue weighted by Gasteiger charge is 2.08. The van der Waals surface area contributed by atoms with E-state index in [-0.39, 0.29) is 0 Å². The van der Waals surface area contributed by atoms with Crippen molar-refractivity contribution in [1.82, 2.24) is 4.98 Å². The van der Waals surface area contributed by atoms with E-state index in [4.69, 9.17) is 16.6 Å². The first-order valence-electron chi connectivity index (χ1n) is 6.48. The van der Waals surface area contributed by atoms with Crippen LogP contribution in [-0.4, -0.2) is 15.3 Å². The molecule has 0 aliphatic rings. The lowest BCUT2D eigenvalue weighted by atomic mass is 10.2. The van der Waals surface area contributed by atoms with Crippen LogP contribution in [0.3, 0.4) is 0 Å². The predicted octanol–water partition coefficient (Wildman–Crippen LogP) is 5.26. The van der Waals surface area contributed by atoms with E-state index in [1.165, 1.54) is 0 Å². The number of pyridine rings is 1. The van der Waals surface area contributed by atoms with E-state index in [9.17, 15) is 0 Å². The van der Waals surface area contributed by atoms with Crippen LogP contribution in [0.4, 0.5) is 5.69 Å². The summed E-state index contributed by atoms with van der Waals surface area (Å²) in [5, 5.41) is 2.18. The zero-order valence-electron chi connectivity index (χ0n) is 11.8. The van der Waals surface area contributed by atoms with Crippen molar-refractivity contribution in [2.45, 2.75) is 26.0 Å². The van der Waals surface area contributed by atoms with Gasteiger partial charge in [0.2, 0.25) is 0 Å². The molecule has 20 heavy (non-hydrogen) atoms. The molecular formula is C16H17ClN2S. The highest BCUT2D eigenvalue weighted by molar-refractivity contribution is 8.14. The maximum Gasteiger partial charge on any atom is 0.106 e. The molecular weight excluding hydrogens is 288 g/mol. The fraction of sp³-hybridized carbons (Fsp3) is 0.250. The quantitative estimate of drug-likeness (QED) is 0.570. The van der Waals surface area contributed by atoms with Crippen LogP contribution in [-0.2, 0) is 0 Å². The molecule has 0 aliphatic heterocycles. The van der Waals surface area contributed by atoms with Crippen LogP contribution in [0.5, 0.6) is 0 Å². The third kappa shape index (κ3) is 4.09. The second-order valence-corrected chi connectivity index (χ2v) is 6.76. The topological polar surface area (TPSA) is 25.2 Å². The molecule has 104 valence electrons. The molecule has 2 nitrogen and oxygen atoms in total. The van der Waals surface area contributed by atoms with Crippen LogP contribution in [0.25, 0.3) is 0 Å². The Morgan fingerprint density at radius 3 is 2.70 bits per heavy atom. The number of halogens is 1. The summed E-state index contributed by atoms with van der Waals surface area (Å²) in [6.07, 6.45) is 3.62. The van der Waals surface area contributed by atoms with Crippen LogP contribution in [0, 0.1) is 6.92 Å². The highest BCUT2D eigenvalue weighted by Crippen LogP contribution is 2.27. The average molecular weight is 305 g/mol. The van der Waals surface area contributed by atoms with Crippen molar-refractivity contribution in [1.29, 1.82) is 0 Å². The van der Waals surface area contributed by atoms with Gasteiger partial charge in [0.15, 0.2) is 0 Å². The van der Waals surface area contributed by atoms with E-state index < -0.39 is 0 Å². The molecule has 1 aromatic carbocycles. The first-order chi connectivity index (χ1) is 9.56. The zero-order valence-corrected chi connectivity index (χ0v) is 13.4. The third-order valence-corrected chi connectivity index (χ3v) is 3.89. The summed E-state index contributed by atoms with van der Waals surface area (Å²) in [5.74, 6) is 0. The number of thioether (sulfide) groups is 1. The average Bonchev–Trinajstić information content (AvgIpc) is 2.41. The second-order valence-electron chi connectivity index (χ2n) is 4.76. The van der Waals surface area contributed by atoms with Gasteiger partial charge in [0.25, 0.3) is 0 Å². The molecule has 0 fully saturated rings. The molecule has 1 aromatic heterocycles. The predicted molar refractivity (Wildman–Crippen MR) is 89.4 cm³/mol. The lowest BCUT2D eigenvalue weighted by molar-refractivity contribution is 1.12. The number of aromatic nitrogens is 1. The number of rotatable bonds is 3. The molecule has 0 unspecified atom stereocenters.